The number of guanidine groups is 1. The maximum absolute atomic E-state index is 5.35. The number of hydrogen-bond donors (Lipinski definition) is 1. The number of benzene rings is 1. The fourth-order valence-corrected chi connectivity index (χ4v) is 2.72. The van der Waals surface area contributed by atoms with Crippen LogP contribution in [-0.2, 0) is 20.0 Å². The number of nitrogens with zero attached hydrogens (tertiary/aromatic N) is 3. The van der Waals surface area contributed by atoms with Crippen molar-refractivity contribution in [3.05, 3.63) is 47.8 Å². The molecule has 1 aromatic heterocycles. The summed E-state index contributed by atoms with van der Waals surface area (Å²) >= 11 is 0. The van der Waals surface area contributed by atoms with Gasteiger partial charge < -0.3 is 24.3 Å². The van der Waals surface area contributed by atoms with Gasteiger partial charge in [0.15, 0.2) is 17.5 Å². The molecule has 144 valence electrons. The topological polar surface area (TPSA) is 51.0 Å². The van der Waals surface area contributed by atoms with E-state index in [0.29, 0.717) is 0 Å². The highest BCUT2D eigenvalue weighted by Crippen LogP contribution is 2.27. The molecule has 0 aliphatic heterocycles. The number of hydrogen-bond acceptors (Lipinski definition) is 3. The predicted molar refractivity (Wildman–Crippen MR) is 117 cm³/mol. The molecule has 7 heteroatoms. The predicted octanol–water partition coefficient (Wildman–Crippen LogP) is 2.91. The second-order valence-corrected chi connectivity index (χ2v) is 5.88. The number of halogens is 1. The summed E-state index contributed by atoms with van der Waals surface area (Å²) in [5, 5.41) is 3.41. The zero-order chi connectivity index (χ0) is 18.2. The monoisotopic (exact) mass is 472 g/mol. The second kappa shape index (κ2) is 10.9. The SMILES string of the molecule is CN=C(NCCc1ccc(OC)c(OC)c1)N(C)Cc1cccn1C.I. The molecule has 1 aromatic carbocycles. The minimum atomic E-state index is 0. The Hall–Kier alpha value is -1.90. The van der Waals surface area contributed by atoms with Crippen molar-refractivity contribution in [2.24, 2.45) is 12.0 Å². The molecule has 0 unspecified atom stereocenters. The van der Waals surface area contributed by atoms with Crippen molar-refractivity contribution in [2.45, 2.75) is 13.0 Å². The van der Waals surface area contributed by atoms with Gasteiger partial charge >= 0.3 is 0 Å². The van der Waals surface area contributed by atoms with Gasteiger partial charge in [0.25, 0.3) is 0 Å². The van der Waals surface area contributed by atoms with Crippen LogP contribution in [0.1, 0.15) is 11.3 Å². The van der Waals surface area contributed by atoms with Gasteiger partial charge in [0, 0.05) is 39.6 Å². The van der Waals surface area contributed by atoms with E-state index in [4.69, 9.17) is 9.47 Å². The Bertz CT molecular complexity index is 715. The third-order valence-corrected chi connectivity index (χ3v) is 4.17. The number of aromatic nitrogens is 1. The van der Waals surface area contributed by atoms with Gasteiger partial charge in [-0.2, -0.15) is 0 Å². The Kier molecular flexibility index (Phi) is 9.32. The van der Waals surface area contributed by atoms with E-state index in [9.17, 15) is 0 Å². The lowest BCUT2D eigenvalue weighted by atomic mass is 10.1. The van der Waals surface area contributed by atoms with Crippen LogP contribution in [0.2, 0.25) is 0 Å². The summed E-state index contributed by atoms with van der Waals surface area (Å²) in [6.07, 6.45) is 2.92. The molecule has 26 heavy (non-hydrogen) atoms. The van der Waals surface area contributed by atoms with Crippen LogP contribution in [-0.4, -0.2) is 50.3 Å². The third-order valence-electron chi connectivity index (χ3n) is 4.17. The molecule has 2 aromatic rings. The van der Waals surface area contributed by atoms with Crippen molar-refractivity contribution < 1.29 is 9.47 Å². The maximum Gasteiger partial charge on any atom is 0.193 e. The molecule has 0 fully saturated rings. The van der Waals surface area contributed by atoms with Gasteiger partial charge in [-0.3, -0.25) is 4.99 Å². The van der Waals surface area contributed by atoms with E-state index in [1.807, 2.05) is 19.2 Å². The van der Waals surface area contributed by atoms with E-state index in [2.05, 4.69) is 51.2 Å². The molecule has 1 heterocycles. The van der Waals surface area contributed by atoms with Crippen LogP contribution in [0.25, 0.3) is 0 Å². The van der Waals surface area contributed by atoms with E-state index in [1.54, 1.807) is 21.3 Å². The fourth-order valence-electron chi connectivity index (χ4n) is 2.72. The van der Waals surface area contributed by atoms with Crippen LogP contribution in [0.3, 0.4) is 0 Å². The fraction of sp³-hybridized carbons (Fsp3) is 0.421. The largest absolute Gasteiger partial charge is 0.493 e. The molecule has 0 saturated carbocycles. The Labute approximate surface area is 173 Å². The molecule has 0 aliphatic rings. The molecular weight excluding hydrogens is 443 g/mol. The first-order valence-corrected chi connectivity index (χ1v) is 8.32. The number of aryl methyl sites for hydroxylation is 1. The maximum atomic E-state index is 5.35. The van der Waals surface area contributed by atoms with Crippen LogP contribution in [0.4, 0.5) is 0 Å². The van der Waals surface area contributed by atoms with E-state index in [-0.39, 0.29) is 24.0 Å². The average Bonchev–Trinajstić information content (AvgIpc) is 3.03. The molecule has 0 amide bonds. The third kappa shape index (κ3) is 5.82. The van der Waals surface area contributed by atoms with Crippen molar-refractivity contribution in [1.82, 2.24) is 14.8 Å². The molecule has 0 radical (unpaired) electrons. The van der Waals surface area contributed by atoms with Gasteiger partial charge in [0.05, 0.1) is 20.8 Å². The number of rotatable bonds is 7. The first kappa shape index (κ1) is 22.1. The lowest BCUT2D eigenvalue weighted by molar-refractivity contribution is 0.354. The number of ether oxygens (including phenoxy) is 2. The molecule has 0 spiro atoms. The highest BCUT2D eigenvalue weighted by atomic mass is 127. The van der Waals surface area contributed by atoms with Crippen LogP contribution in [0, 0.1) is 0 Å². The number of nitrogens with one attached hydrogen (secondary N) is 1. The van der Waals surface area contributed by atoms with E-state index in [0.717, 1.165) is 37.0 Å². The first-order valence-electron chi connectivity index (χ1n) is 8.32. The molecule has 2 rings (SSSR count). The van der Waals surface area contributed by atoms with Gasteiger partial charge in [0.1, 0.15) is 0 Å². The quantitative estimate of drug-likeness (QED) is 0.383. The Balaban J connectivity index is 0.00000338. The highest BCUT2D eigenvalue weighted by Gasteiger charge is 2.09. The summed E-state index contributed by atoms with van der Waals surface area (Å²) in [6.45, 7) is 1.60. The summed E-state index contributed by atoms with van der Waals surface area (Å²) in [5.41, 5.74) is 2.43. The Morgan fingerprint density at radius 2 is 1.92 bits per heavy atom. The highest BCUT2D eigenvalue weighted by molar-refractivity contribution is 14.0. The Morgan fingerprint density at radius 3 is 2.50 bits per heavy atom. The molecule has 0 atom stereocenters. The van der Waals surface area contributed by atoms with Gasteiger partial charge in [0.2, 0.25) is 0 Å². The molecule has 0 bridgehead atoms. The summed E-state index contributed by atoms with van der Waals surface area (Å²) in [6, 6.07) is 10.2. The lowest BCUT2D eigenvalue weighted by Gasteiger charge is -2.22. The summed E-state index contributed by atoms with van der Waals surface area (Å²) in [7, 11) is 9.20. The van der Waals surface area contributed by atoms with Crippen LogP contribution >= 0.6 is 24.0 Å². The van der Waals surface area contributed by atoms with Gasteiger partial charge in [-0.25, -0.2) is 0 Å². The van der Waals surface area contributed by atoms with Crippen molar-refractivity contribution in [3.8, 4) is 11.5 Å². The normalized spacial score (nSPS) is 10.9. The van der Waals surface area contributed by atoms with Crippen LogP contribution < -0.4 is 14.8 Å². The molecule has 6 nitrogen and oxygen atoms in total. The van der Waals surface area contributed by atoms with Gasteiger partial charge in [-0.1, -0.05) is 6.07 Å². The lowest BCUT2D eigenvalue weighted by Crippen LogP contribution is -2.39. The van der Waals surface area contributed by atoms with Gasteiger partial charge in [-0.15, -0.1) is 24.0 Å². The van der Waals surface area contributed by atoms with Crippen LogP contribution in [0.15, 0.2) is 41.5 Å². The van der Waals surface area contributed by atoms with Crippen molar-refractivity contribution >= 4 is 29.9 Å². The van der Waals surface area contributed by atoms with Gasteiger partial charge in [-0.05, 0) is 36.2 Å². The minimum absolute atomic E-state index is 0. The van der Waals surface area contributed by atoms with E-state index >= 15 is 0 Å². The summed E-state index contributed by atoms with van der Waals surface area (Å²) < 4.78 is 12.7. The number of aliphatic imine (C=N–C) groups is 1. The minimum Gasteiger partial charge on any atom is -0.493 e. The summed E-state index contributed by atoms with van der Waals surface area (Å²) in [5.74, 6) is 2.38. The molecule has 1 N–H and O–H groups in total. The number of methoxy groups -OCH3 is 2. The van der Waals surface area contributed by atoms with Crippen molar-refractivity contribution in [2.75, 3.05) is 34.9 Å². The smallest absolute Gasteiger partial charge is 0.193 e. The zero-order valence-corrected chi connectivity index (χ0v) is 18.5. The first-order chi connectivity index (χ1) is 12.1. The van der Waals surface area contributed by atoms with Crippen molar-refractivity contribution in [3.63, 3.8) is 0 Å². The molecular formula is C19H29IN4O2. The molecule has 0 aliphatic carbocycles. The summed E-state index contributed by atoms with van der Waals surface area (Å²) in [4.78, 5) is 6.48. The second-order valence-electron chi connectivity index (χ2n) is 5.88. The van der Waals surface area contributed by atoms with E-state index in [1.165, 1.54) is 11.3 Å². The van der Waals surface area contributed by atoms with Crippen LogP contribution in [0.5, 0.6) is 11.5 Å². The Morgan fingerprint density at radius 1 is 1.19 bits per heavy atom. The molecule has 0 saturated heterocycles. The van der Waals surface area contributed by atoms with E-state index < -0.39 is 0 Å². The standard InChI is InChI=1S/C19H28N4O2.HI/c1-20-19(23(3)14-16-7-6-12-22(16)2)21-11-10-15-8-9-17(24-4)18(13-15)25-5;/h6-9,12-13H,10-11,14H2,1-5H3,(H,20,21);1H. The average molecular weight is 472 g/mol. The van der Waals surface area contributed by atoms with Crippen molar-refractivity contribution in [1.29, 1.82) is 0 Å². The zero-order valence-electron chi connectivity index (χ0n) is 16.2.